The van der Waals surface area contributed by atoms with Gasteiger partial charge in [0.1, 0.15) is 0 Å². The van der Waals surface area contributed by atoms with Crippen LogP contribution >= 0.6 is 0 Å². The normalized spacial score (nSPS) is 25.4. The third-order valence-electron chi connectivity index (χ3n) is 3.37. The van der Waals surface area contributed by atoms with E-state index in [4.69, 9.17) is 5.73 Å². The molecule has 3 heteroatoms. The number of rotatable bonds is 3. The van der Waals surface area contributed by atoms with Crippen molar-refractivity contribution in [2.45, 2.75) is 26.2 Å². The Labute approximate surface area is 91.1 Å². The average molecular weight is 205 g/mol. The zero-order valence-corrected chi connectivity index (χ0v) is 9.24. The van der Waals surface area contributed by atoms with Crippen LogP contribution in [0.15, 0.2) is 18.5 Å². The summed E-state index contributed by atoms with van der Waals surface area (Å²) in [5, 5.41) is 3.42. The Morgan fingerprint density at radius 3 is 3.00 bits per heavy atom. The van der Waals surface area contributed by atoms with E-state index in [0.29, 0.717) is 0 Å². The molecule has 1 aliphatic carbocycles. The number of nitrogen functional groups attached to an aromatic ring is 1. The van der Waals surface area contributed by atoms with Gasteiger partial charge in [-0.15, -0.1) is 0 Å². The van der Waals surface area contributed by atoms with Crippen molar-refractivity contribution in [2.24, 2.45) is 11.8 Å². The Morgan fingerprint density at radius 1 is 1.47 bits per heavy atom. The lowest BCUT2D eigenvalue weighted by Gasteiger charge is -2.16. The number of anilines is 2. The first-order chi connectivity index (χ1) is 7.25. The highest BCUT2D eigenvalue weighted by Crippen LogP contribution is 2.31. The first kappa shape index (κ1) is 10.3. The van der Waals surface area contributed by atoms with Crippen molar-refractivity contribution >= 4 is 11.4 Å². The monoisotopic (exact) mass is 205 g/mol. The molecule has 1 fully saturated rings. The van der Waals surface area contributed by atoms with Crippen molar-refractivity contribution in [1.29, 1.82) is 0 Å². The summed E-state index contributed by atoms with van der Waals surface area (Å²) in [5.41, 5.74) is 7.43. The summed E-state index contributed by atoms with van der Waals surface area (Å²) in [6, 6.07) is 1.94. The fraction of sp³-hybridized carbons (Fsp3) is 0.583. The Hall–Kier alpha value is -1.25. The molecule has 2 unspecified atom stereocenters. The van der Waals surface area contributed by atoms with Gasteiger partial charge in [0.25, 0.3) is 0 Å². The van der Waals surface area contributed by atoms with E-state index >= 15 is 0 Å². The number of hydrogen-bond acceptors (Lipinski definition) is 3. The molecule has 0 aliphatic heterocycles. The summed E-state index contributed by atoms with van der Waals surface area (Å²) in [6.45, 7) is 3.39. The zero-order valence-electron chi connectivity index (χ0n) is 9.24. The van der Waals surface area contributed by atoms with Crippen LogP contribution < -0.4 is 11.1 Å². The molecular formula is C12H19N3. The van der Waals surface area contributed by atoms with E-state index in [2.05, 4.69) is 17.2 Å². The lowest BCUT2D eigenvalue weighted by Crippen LogP contribution is -2.16. The molecule has 3 N–H and O–H groups in total. The van der Waals surface area contributed by atoms with Crippen molar-refractivity contribution in [2.75, 3.05) is 17.6 Å². The van der Waals surface area contributed by atoms with Gasteiger partial charge < -0.3 is 11.1 Å². The first-order valence-corrected chi connectivity index (χ1v) is 5.70. The lowest BCUT2D eigenvalue weighted by molar-refractivity contribution is 0.439. The number of nitrogens with zero attached hydrogens (tertiary/aromatic N) is 1. The highest BCUT2D eigenvalue weighted by Gasteiger charge is 2.22. The predicted octanol–water partition coefficient (Wildman–Crippen LogP) is 2.51. The van der Waals surface area contributed by atoms with Gasteiger partial charge in [-0.3, -0.25) is 4.98 Å². The minimum absolute atomic E-state index is 0.722. The van der Waals surface area contributed by atoms with Crippen molar-refractivity contribution in [3.8, 4) is 0 Å². The fourth-order valence-corrected chi connectivity index (χ4v) is 2.33. The quantitative estimate of drug-likeness (QED) is 0.797. The molecule has 0 spiro atoms. The Morgan fingerprint density at radius 2 is 2.33 bits per heavy atom. The van der Waals surface area contributed by atoms with Crippen molar-refractivity contribution in [3.63, 3.8) is 0 Å². The van der Waals surface area contributed by atoms with E-state index in [1.807, 2.05) is 12.3 Å². The smallest absolute Gasteiger partial charge is 0.0547 e. The predicted molar refractivity (Wildman–Crippen MR) is 63.6 cm³/mol. The van der Waals surface area contributed by atoms with Crippen LogP contribution in [0.5, 0.6) is 0 Å². The van der Waals surface area contributed by atoms with E-state index in [0.717, 1.165) is 29.8 Å². The minimum atomic E-state index is 0.722. The van der Waals surface area contributed by atoms with Crippen LogP contribution in [0, 0.1) is 11.8 Å². The van der Waals surface area contributed by atoms with Crippen molar-refractivity contribution in [1.82, 2.24) is 4.98 Å². The van der Waals surface area contributed by atoms with Crippen LogP contribution in [0.4, 0.5) is 11.4 Å². The first-order valence-electron chi connectivity index (χ1n) is 5.70. The molecule has 0 radical (unpaired) electrons. The number of nitrogens with two attached hydrogens (primary N) is 1. The van der Waals surface area contributed by atoms with Gasteiger partial charge in [-0.25, -0.2) is 0 Å². The molecule has 1 aromatic rings. The minimum Gasteiger partial charge on any atom is -0.397 e. The van der Waals surface area contributed by atoms with E-state index in [1.165, 1.54) is 19.3 Å². The Kier molecular flexibility index (Phi) is 3.09. The van der Waals surface area contributed by atoms with Crippen LogP contribution in [0.25, 0.3) is 0 Å². The average Bonchev–Trinajstić information content (AvgIpc) is 2.61. The van der Waals surface area contributed by atoms with Crippen molar-refractivity contribution < 1.29 is 0 Å². The second kappa shape index (κ2) is 4.51. The molecule has 0 amide bonds. The summed E-state index contributed by atoms with van der Waals surface area (Å²) >= 11 is 0. The summed E-state index contributed by atoms with van der Waals surface area (Å²) in [4.78, 5) is 4.06. The van der Waals surface area contributed by atoms with Crippen LogP contribution in [0.3, 0.4) is 0 Å². The molecule has 15 heavy (non-hydrogen) atoms. The van der Waals surface area contributed by atoms with Gasteiger partial charge >= 0.3 is 0 Å². The zero-order chi connectivity index (χ0) is 10.7. The summed E-state index contributed by atoms with van der Waals surface area (Å²) in [7, 11) is 0. The standard InChI is InChI=1S/C12H19N3/c1-9-3-2-4-10(9)6-15-12-5-11(13)7-14-8-12/h5,7-10,15H,2-4,6,13H2,1H3. The summed E-state index contributed by atoms with van der Waals surface area (Å²) < 4.78 is 0. The summed E-state index contributed by atoms with van der Waals surface area (Å²) in [5.74, 6) is 1.66. The van der Waals surface area contributed by atoms with Gasteiger partial charge in [0.05, 0.1) is 17.6 Å². The second-order valence-corrected chi connectivity index (χ2v) is 4.56. The third kappa shape index (κ3) is 2.61. The summed E-state index contributed by atoms with van der Waals surface area (Å²) in [6.07, 6.45) is 7.60. The number of aromatic nitrogens is 1. The molecule has 1 aromatic heterocycles. The maximum atomic E-state index is 5.67. The molecule has 1 heterocycles. The second-order valence-electron chi connectivity index (χ2n) is 4.56. The largest absolute Gasteiger partial charge is 0.397 e. The molecule has 1 saturated carbocycles. The molecule has 3 nitrogen and oxygen atoms in total. The van der Waals surface area contributed by atoms with Crippen LogP contribution in [0.2, 0.25) is 0 Å². The van der Waals surface area contributed by atoms with Gasteiger partial charge in [0.2, 0.25) is 0 Å². The SMILES string of the molecule is CC1CCCC1CNc1cncc(N)c1. The van der Waals surface area contributed by atoms with E-state index in [1.54, 1.807) is 6.20 Å². The molecule has 82 valence electrons. The van der Waals surface area contributed by atoms with Crippen LogP contribution in [0.1, 0.15) is 26.2 Å². The van der Waals surface area contributed by atoms with E-state index in [9.17, 15) is 0 Å². The van der Waals surface area contributed by atoms with Gasteiger partial charge in [-0.1, -0.05) is 19.8 Å². The molecule has 0 bridgehead atoms. The maximum absolute atomic E-state index is 5.67. The molecule has 0 saturated heterocycles. The molecule has 2 rings (SSSR count). The molecular weight excluding hydrogens is 186 g/mol. The molecule has 0 aromatic carbocycles. The fourth-order valence-electron chi connectivity index (χ4n) is 2.33. The highest BCUT2D eigenvalue weighted by atomic mass is 14.9. The molecule has 2 atom stereocenters. The van der Waals surface area contributed by atoms with Gasteiger partial charge in [-0.2, -0.15) is 0 Å². The Bertz CT molecular complexity index is 324. The van der Waals surface area contributed by atoms with Gasteiger partial charge in [0.15, 0.2) is 0 Å². The topological polar surface area (TPSA) is 50.9 Å². The van der Waals surface area contributed by atoms with E-state index < -0.39 is 0 Å². The van der Waals surface area contributed by atoms with Crippen molar-refractivity contribution in [3.05, 3.63) is 18.5 Å². The number of hydrogen-bond donors (Lipinski definition) is 2. The number of nitrogens with one attached hydrogen (secondary N) is 1. The lowest BCUT2D eigenvalue weighted by atomic mass is 9.98. The van der Waals surface area contributed by atoms with Crippen LogP contribution in [-0.2, 0) is 0 Å². The molecule has 1 aliphatic rings. The number of pyridine rings is 1. The van der Waals surface area contributed by atoms with Gasteiger partial charge in [0, 0.05) is 12.7 Å². The highest BCUT2D eigenvalue weighted by molar-refractivity contribution is 5.51. The van der Waals surface area contributed by atoms with Gasteiger partial charge in [-0.05, 0) is 24.3 Å². The third-order valence-corrected chi connectivity index (χ3v) is 3.37. The van der Waals surface area contributed by atoms with E-state index in [-0.39, 0.29) is 0 Å². The maximum Gasteiger partial charge on any atom is 0.0547 e. The van der Waals surface area contributed by atoms with Crippen LogP contribution in [-0.4, -0.2) is 11.5 Å². The Balaban J connectivity index is 1.87.